The van der Waals surface area contributed by atoms with Crippen molar-refractivity contribution < 1.29 is 13.9 Å². The van der Waals surface area contributed by atoms with E-state index in [0.29, 0.717) is 22.4 Å². The second-order valence-electron chi connectivity index (χ2n) is 5.33. The number of benzene rings is 2. The molecule has 0 saturated carbocycles. The van der Waals surface area contributed by atoms with E-state index in [1.54, 1.807) is 25.3 Å². The van der Waals surface area contributed by atoms with Crippen LogP contribution in [-0.2, 0) is 11.2 Å². The predicted octanol–water partition coefficient (Wildman–Crippen LogP) is 3.94. The van der Waals surface area contributed by atoms with Crippen LogP contribution >= 0.6 is 23.4 Å². The van der Waals surface area contributed by atoms with Gasteiger partial charge >= 0.3 is 0 Å². The summed E-state index contributed by atoms with van der Waals surface area (Å²) in [6.45, 7) is 0.578. The number of methoxy groups -OCH3 is 1. The van der Waals surface area contributed by atoms with Gasteiger partial charge in [-0.05, 0) is 36.2 Å². The van der Waals surface area contributed by atoms with Crippen molar-refractivity contribution >= 4 is 40.4 Å². The lowest BCUT2D eigenvalue weighted by Crippen LogP contribution is -2.27. The highest BCUT2D eigenvalue weighted by molar-refractivity contribution is 7.99. The van der Waals surface area contributed by atoms with Gasteiger partial charge in [-0.2, -0.15) is 0 Å². The van der Waals surface area contributed by atoms with E-state index in [1.165, 1.54) is 11.8 Å². The van der Waals surface area contributed by atoms with Crippen LogP contribution in [-0.4, -0.2) is 30.3 Å². The van der Waals surface area contributed by atoms with E-state index in [-0.39, 0.29) is 11.7 Å². The summed E-state index contributed by atoms with van der Waals surface area (Å²) in [5.74, 6) is 1.02. The molecule has 0 atom stereocenters. The lowest BCUT2D eigenvalue weighted by molar-refractivity contribution is -0.118. The minimum Gasteiger partial charge on any atom is -0.497 e. The molecule has 0 radical (unpaired) electrons. The Hall–Kier alpha value is -2.18. The summed E-state index contributed by atoms with van der Waals surface area (Å²) in [4.78, 5) is 16.2. The molecule has 130 valence electrons. The Morgan fingerprint density at radius 2 is 2.08 bits per heavy atom. The Kier molecular flexibility index (Phi) is 5.83. The standard InChI is InChI=1S/C18H17ClN2O3S/c1-23-14-5-2-12(3-6-14)8-9-20-17(22)11-25-18-21-15-7-4-13(19)10-16(15)24-18/h2-7,10H,8-9,11H2,1H3,(H,20,22). The summed E-state index contributed by atoms with van der Waals surface area (Å²) in [7, 11) is 1.64. The molecule has 25 heavy (non-hydrogen) atoms. The number of nitrogens with one attached hydrogen (secondary N) is 1. The number of aromatic nitrogens is 1. The molecule has 3 rings (SSSR count). The van der Waals surface area contributed by atoms with E-state index < -0.39 is 0 Å². The molecule has 0 spiro atoms. The van der Waals surface area contributed by atoms with Crippen LogP contribution in [0.3, 0.4) is 0 Å². The van der Waals surface area contributed by atoms with E-state index in [0.717, 1.165) is 23.3 Å². The number of thioether (sulfide) groups is 1. The molecule has 0 unspecified atom stereocenters. The molecule has 1 amide bonds. The third-order valence-electron chi connectivity index (χ3n) is 3.55. The van der Waals surface area contributed by atoms with Crippen molar-refractivity contribution in [3.8, 4) is 5.75 Å². The molecular formula is C18H17ClN2O3S. The molecule has 0 aliphatic carbocycles. The number of carbonyl (C=O) groups is 1. The molecule has 0 aliphatic rings. The lowest BCUT2D eigenvalue weighted by atomic mass is 10.1. The Morgan fingerprint density at radius 1 is 1.28 bits per heavy atom. The Bertz CT molecular complexity index is 864. The summed E-state index contributed by atoms with van der Waals surface area (Å²) < 4.78 is 10.7. The Morgan fingerprint density at radius 3 is 2.84 bits per heavy atom. The molecule has 5 nitrogen and oxygen atoms in total. The number of oxazole rings is 1. The van der Waals surface area contributed by atoms with Crippen molar-refractivity contribution in [1.82, 2.24) is 10.3 Å². The zero-order valence-corrected chi connectivity index (χ0v) is 15.2. The summed E-state index contributed by atoms with van der Waals surface area (Å²) in [6.07, 6.45) is 0.766. The molecule has 3 aromatic rings. The van der Waals surface area contributed by atoms with Crippen molar-refractivity contribution in [3.05, 3.63) is 53.1 Å². The van der Waals surface area contributed by atoms with Crippen LogP contribution in [0.15, 0.2) is 52.1 Å². The van der Waals surface area contributed by atoms with Crippen LogP contribution in [0.25, 0.3) is 11.1 Å². The monoisotopic (exact) mass is 376 g/mol. The minimum atomic E-state index is -0.0567. The quantitative estimate of drug-likeness (QED) is 0.633. The number of carbonyl (C=O) groups excluding carboxylic acids is 1. The topological polar surface area (TPSA) is 64.4 Å². The summed E-state index contributed by atoms with van der Waals surface area (Å²) in [5.41, 5.74) is 2.49. The van der Waals surface area contributed by atoms with Crippen molar-refractivity contribution in [1.29, 1.82) is 0 Å². The first kappa shape index (κ1) is 17.6. The highest BCUT2D eigenvalue weighted by atomic mass is 35.5. The van der Waals surface area contributed by atoms with Crippen LogP contribution in [0.5, 0.6) is 5.75 Å². The zero-order valence-electron chi connectivity index (χ0n) is 13.6. The van der Waals surface area contributed by atoms with Gasteiger partial charge in [0.2, 0.25) is 5.91 Å². The number of nitrogens with zero attached hydrogens (tertiary/aromatic N) is 1. The zero-order chi connectivity index (χ0) is 17.6. The maximum Gasteiger partial charge on any atom is 0.257 e. The molecule has 1 heterocycles. The smallest absolute Gasteiger partial charge is 0.257 e. The Balaban J connectivity index is 1.44. The fourth-order valence-electron chi connectivity index (χ4n) is 2.26. The largest absolute Gasteiger partial charge is 0.497 e. The van der Waals surface area contributed by atoms with Crippen LogP contribution in [0.4, 0.5) is 0 Å². The SMILES string of the molecule is COc1ccc(CCNC(=O)CSc2nc3ccc(Cl)cc3o2)cc1. The van der Waals surface area contributed by atoms with Gasteiger partial charge in [-0.15, -0.1) is 0 Å². The number of hydrogen-bond acceptors (Lipinski definition) is 5. The maximum absolute atomic E-state index is 11.9. The minimum absolute atomic E-state index is 0.0567. The van der Waals surface area contributed by atoms with Crippen LogP contribution in [0.2, 0.25) is 5.02 Å². The third kappa shape index (κ3) is 4.90. The second kappa shape index (κ2) is 8.27. The van der Waals surface area contributed by atoms with E-state index >= 15 is 0 Å². The molecule has 7 heteroatoms. The van der Waals surface area contributed by atoms with Crippen molar-refractivity contribution in [2.75, 3.05) is 19.4 Å². The van der Waals surface area contributed by atoms with Crippen molar-refractivity contribution in [2.45, 2.75) is 11.6 Å². The van der Waals surface area contributed by atoms with Crippen molar-refractivity contribution in [3.63, 3.8) is 0 Å². The fourth-order valence-corrected chi connectivity index (χ4v) is 3.09. The molecule has 0 aliphatic heterocycles. The molecule has 1 aromatic heterocycles. The average Bonchev–Trinajstić information content (AvgIpc) is 3.02. The van der Waals surface area contributed by atoms with E-state index in [1.807, 2.05) is 24.3 Å². The van der Waals surface area contributed by atoms with Gasteiger partial charge in [-0.3, -0.25) is 4.79 Å². The fraction of sp³-hybridized carbons (Fsp3) is 0.222. The number of hydrogen-bond donors (Lipinski definition) is 1. The Labute approximate surface area is 154 Å². The van der Waals surface area contributed by atoms with E-state index in [2.05, 4.69) is 10.3 Å². The van der Waals surface area contributed by atoms with Crippen LogP contribution in [0, 0.1) is 0 Å². The summed E-state index contributed by atoms with van der Waals surface area (Å²) in [6, 6.07) is 13.1. The first-order valence-corrected chi connectivity index (χ1v) is 9.09. The normalized spacial score (nSPS) is 10.8. The molecular weight excluding hydrogens is 360 g/mol. The second-order valence-corrected chi connectivity index (χ2v) is 6.69. The van der Waals surface area contributed by atoms with Crippen molar-refractivity contribution in [2.24, 2.45) is 0 Å². The van der Waals surface area contributed by atoms with E-state index in [9.17, 15) is 4.79 Å². The van der Waals surface area contributed by atoms with Gasteiger partial charge in [0, 0.05) is 17.6 Å². The van der Waals surface area contributed by atoms with Gasteiger partial charge < -0.3 is 14.5 Å². The number of rotatable bonds is 7. The van der Waals surface area contributed by atoms with Crippen LogP contribution < -0.4 is 10.1 Å². The predicted molar refractivity (Wildman–Crippen MR) is 99.5 cm³/mol. The number of ether oxygens (including phenoxy) is 1. The van der Waals surface area contributed by atoms with Gasteiger partial charge in [0.05, 0.1) is 12.9 Å². The van der Waals surface area contributed by atoms with Gasteiger partial charge in [0.1, 0.15) is 11.3 Å². The van der Waals surface area contributed by atoms with E-state index in [4.69, 9.17) is 20.8 Å². The maximum atomic E-state index is 11.9. The van der Waals surface area contributed by atoms with Gasteiger partial charge in [0.15, 0.2) is 5.58 Å². The molecule has 0 saturated heterocycles. The highest BCUT2D eigenvalue weighted by Gasteiger charge is 2.09. The highest BCUT2D eigenvalue weighted by Crippen LogP contribution is 2.25. The molecule has 0 fully saturated rings. The third-order valence-corrected chi connectivity index (χ3v) is 4.62. The molecule has 1 N–H and O–H groups in total. The van der Waals surface area contributed by atoms with Gasteiger partial charge in [-0.25, -0.2) is 4.98 Å². The summed E-state index contributed by atoms with van der Waals surface area (Å²) in [5, 5.41) is 3.95. The molecule has 0 bridgehead atoms. The number of halogens is 1. The van der Waals surface area contributed by atoms with Gasteiger partial charge in [0.25, 0.3) is 5.22 Å². The molecule has 2 aromatic carbocycles. The van der Waals surface area contributed by atoms with Gasteiger partial charge in [-0.1, -0.05) is 35.5 Å². The summed E-state index contributed by atoms with van der Waals surface area (Å²) >= 11 is 7.18. The average molecular weight is 377 g/mol. The number of amides is 1. The first-order valence-electron chi connectivity index (χ1n) is 7.72. The lowest BCUT2D eigenvalue weighted by Gasteiger charge is -2.05. The first-order chi connectivity index (χ1) is 12.1. The van der Waals surface area contributed by atoms with Crippen LogP contribution in [0.1, 0.15) is 5.56 Å². The number of fused-ring (bicyclic) bond motifs is 1.